The Hall–Kier alpha value is -0.360. The van der Waals surface area contributed by atoms with Crippen molar-refractivity contribution in [1.82, 2.24) is 0 Å². The lowest BCUT2D eigenvalue weighted by molar-refractivity contribution is -0.274. The Kier molecular flexibility index (Phi) is 2.61. The summed E-state index contributed by atoms with van der Waals surface area (Å²) >= 11 is 0. The van der Waals surface area contributed by atoms with Crippen molar-refractivity contribution < 1.29 is 27.8 Å². The van der Waals surface area contributed by atoms with Crippen molar-refractivity contribution in [3.8, 4) is 0 Å². The summed E-state index contributed by atoms with van der Waals surface area (Å²) in [5.41, 5.74) is -3.59. The highest BCUT2D eigenvalue weighted by molar-refractivity contribution is 4.84. The second-order valence-electron chi connectivity index (χ2n) is 1.82. The van der Waals surface area contributed by atoms with Crippen LogP contribution in [0.3, 0.4) is 0 Å². The number of hydrogen-bond acceptors (Lipinski definition) is 2. The molecule has 0 aromatic rings. The summed E-state index contributed by atoms with van der Waals surface area (Å²) < 4.78 is 45.8. The predicted octanol–water partition coefficient (Wildman–Crippen LogP) is 0.242. The van der Waals surface area contributed by atoms with Gasteiger partial charge in [0.05, 0.1) is 6.61 Å². The summed E-state index contributed by atoms with van der Waals surface area (Å²) in [6.45, 7) is -3.69. The standard InChI is InChI=1S/C4H6F4O2/c5-1-3(10,2-9)4(6,7)8/h9-10H,1-2H2. The molecule has 0 aliphatic rings. The van der Waals surface area contributed by atoms with E-state index in [0.717, 1.165) is 0 Å². The average molecular weight is 162 g/mol. The van der Waals surface area contributed by atoms with Gasteiger partial charge in [-0.25, -0.2) is 4.39 Å². The molecule has 0 amide bonds. The molecule has 10 heavy (non-hydrogen) atoms. The Morgan fingerprint density at radius 1 is 1.20 bits per heavy atom. The van der Waals surface area contributed by atoms with Gasteiger partial charge in [-0.1, -0.05) is 0 Å². The minimum atomic E-state index is -5.11. The summed E-state index contributed by atoms with van der Waals surface area (Å²) in [7, 11) is 0. The molecule has 6 heteroatoms. The Balaban J connectivity index is 4.33. The minimum absolute atomic E-state index is 1.66. The number of aliphatic hydroxyl groups is 2. The second-order valence-corrected chi connectivity index (χ2v) is 1.82. The zero-order valence-electron chi connectivity index (χ0n) is 4.82. The van der Waals surface area contributed by atoms with Crippen molar-refractivity contribution in [3.63, 3.8) is 0 Å². The molecule has 0 aromatic heterocycles. The van der Waals surface area contributed by atoms with Gasteiger partial charge in [0, 0.05) is 0 Å². The van der Waals surface area contributed by atoms with E-state index in [1.807, 2.05) is 0 Å². The molecule has 0 saturated carbocycles. The smallest absolute Gasteiger partial charge is 0.393 e. The summed E-state index contributed by atoms with van der Waals surface area (Å²) in [6.07, 6.45) is -5.11. The van der Waals surface area contributed by atoms with Crippen molar-refractivity contribution in [2.45, 2.75) is 11.8 Å². The van der Waals surface area contributed by atoms with E-state index in [-0.39, 0.29) is 0 Å². The first-order chi connectivity index (χ1) is 4.37. The van der Waals surface area contributed by atoms with Gasteiger partial charge in [-0.05, 0) is 0 Å². The molecule has 0 aliphatic heterocycles. The fraction of sp³-hybridized carbons (Fsp3) is 1.00. The van der Waals surface area contributed by atoms with Crippen LogP contribution >= 0.6 is 0 Å². The maximum Gasteiger partial charge on any atom is 0.422 e. The molecule has 0 saturated heterocycles. The third kappa shape index (κ3) is 1.57. The first-order valence-corrected chi connectivity index (χ1v) is 2.33. The Labute approximate surface area is 54.1 Å². The molecule has 0 radical (unpaired) electrons. The minimum Gasteiger partial charge on any atom is -0.393 e. The van der Waals surface area contributed by atoms with Crippen LogP contribution in [0.5, 0.6) is 0 Å². The zero-order valence-corrected chi connectivity index (χ0v) is 4.82. The third-order valence-electron chi connectivity index (χ3n) is 1.01. The predicted molar refractivity (Wildman–Crippen MR) is 24.1 cm³/mol. The van der Waals surface area contributed by atoms with Gasteiger partial charge in [-0.15, -0.1) is 0 Å². The molecule has 2 nitrogen and oxygen atoms in total. The molecule has 2 N–H and O–H groups in total. The van der Waals surface area contributed by atoms with Gasteiger partial charge < -0.3 is 10.2 Å². The molecule has 62 valence electrons. The topological polar surface area (TPSA) is 40.5 Å². The molecule has 0 heterocycles. The maximum absolute atomic E-state index is 11.5. The first-order valence-electron chi connectivity index (χ1n) is 2.33. The molecular formula is C4H6F4O2. The largest absolute Gasteiger partial charge is 0.422 e. The molecule has 0 aromatic carbocycles. The van der Waals surface area contributed by atoms with E-state index in [1.54, 1.807) is 0 Å². The van der Waals surface area contributed by atoms with Crippen molar-refractivity contribution >= 4 is 0 Å². The van der Waals surface area contributed by atoms with Crippen LogP contribution in [0.4, 0.5) is 17.6 Å². The third-order valence-corrected chi connectivity index (χ3v) is 1.01. The number of alkyl halides is 4. The lowest BCUT2D eigenvalue weighted by Gasteiger charge is -2.24. The Morgan fingerprint density at radius 3 is 1.60 bits per heavy atom. The van der Waals surface area contributed by atoms with Gasteiger partial charge in [0.1, 0.15) is 6.67 Å². The Morgan fingerprint density at radius 2 is 1.60 bits per heavy atom. The lowest BCUT2D eigenvalue weighted by Crippen LogP contribution is -2.50. The van der Waals surface area contributed by atoms with E-state index in [9.17, 15) is 17.6 Å². The van der Waals surface area contributed by atoms with Crippen LogP contribution < -0.4 is 0 Å². The van der Waals surface area contributed by atoms with Gasteiger partial charge in [0.25, 0.3) is 0 Å². The fourth-order valence-corrected chi connectivity index (χ4v) is 0.208. The van der Waals surface area contributed by atoms with E-state index >= 15 is 0 Å². The number of rotatable bonds is 2. The zero-order chi connectivity index (χ0) is 8.41. The molecule has 0 fully saturated rings. The monoisotopic (exact) mass is 162 g/mol. The highest BCUT2D eigenvalue weighted by Gasteiger charge is 2.53. The van der Waals surface area contributed by atoms with Crippen molar-refractivity contribution in [2.75, 3.05) is 13.3 Å². The molecular weight excluding hydrogens is 156 g/mol. The van der Waals surface area contributed by atoms with Crippen LogP contribution in [0, 0.1) is 0 Å². The van der Waals surface area contributed by atoms with Crippen LogP contribution in [0.25, 0.3) is 0 Å². The molecule has 0 rings (SSSR count). The van der Waals surface area contributed by atoms with Gasteiger partial charge in [-0.3, -0.25) is 0 Å². The van der Waals surface area contributed by atoms with Crippen molar-refractivity contribution in [1.29, 1.82) is 0 Å². The first kappa shape index (κ1) is 9.64. The highest BCUT2D eigenvalue weighted by Crippen LogP contribution is 2.29. The maximum atomic E-state index is 11.5. The van der Waals surface area contributed by atoms with Crippen LogP contribution in [0.15, 0.2) is 0 Å². The van der Waals surface area contributed by atoms with E-state index in [2.05, 4.69) is 0 Å². The van der Waals surface area contributed by atoms with Crippen LogP contribution in [0.2, 0.25) is 0 Å². The normalized spacial score (nSPS) is 18.6. The number of halogens is 4. The molecule has 1 atom stereocenters. The molecule has 0 aliphatic carbocycles. The lowest BCUT2D eigenvalue weighted by atomic mass is 10.1. The SMILES string of the molecule is OCC(O)(CF)C(F)(F)F. The van der Waals surface area contributed by atoms with Gasteiger partial charge in [-0.2, -0.15) is 13.2 Å². The van der Waals surface area contributed by atoms with Crippen LogP contribution in [0.1, 0.15) is 0 Å². The van der Waals surface area contributed by atoms with E-state index in [1.165, 1.54) is 0 Å². The van der Waals surface area contributed by atoms with E-state index in [0.29, 0.717) is 0 Å². The molecule has 1 unspecified atom stereocenters. The summed E-state index contributed by atoms with van der Waals surface area (Å²) in [5.74, 6) is 0. The molecule has 0 spiro atoms. The highest BCUT2D eigenvalue weighted by atomic mass is 19.4. The van der Waals surface area contributed by atoms with E-state index in [4.69, 9.17) is 10.2 Å². The van der Waals surface area contributed by atoms with Crippen LogP contribution in [-0.4, -0.2) is 35.3 Å². The average Bonchev–Trinajstić information content (AvgIpc) is 1.84. The van der Waals surface area contributed by atoms with E-state index < -0.39 is 25.1 Å². The summed E-state index contributed by atoms with van der Waals surface area (Å²) in [6, 6.07) is 0. The summed E-state index contributed by atoms with van der Waals surface area (Å²) in [5, 5.41) is 16.1. The van der Waals surface area contributed by atoms with Gasteiger partial charge in [0.2, 0.25) is 5.60 Å². The van der Waals surface area contributed by atoms with Gasteiger partial charge in [0.15, 0.2) is 0 Å². The van der Waals surface area contributed by atoms with Crippen LogP contribution in [-0.2, 0) is 0 Å². The number of hydrogen-bond donors (Lipinski definition) is 2. The fourth-order valence-electron chi connectivity index (χ4n) is 0.208. The molecule has 0 bridgehead atoms. The number of aliphatic hydroxyl groups excluding tert-OH is 1. The van der Waals surface area contributed by atoms with Gasteiger partial charge >= 0.3 is 6.18 Å². The second kappa shape index (κ2) is 2.71. The van der Waals surface area contributed by atoms with Crippen molar-refractivity contribution in [2.24, 2.45) is 0 Å². The Bertz CT molecular complexity index is 106. The quantitative estimate of drug-likeness (QED) is 0.571. The summed E-state index contributed by atoms with van der Waals surface area (Å²) in [4.78, 5) is 0. The van der Waals surface area contributed by atoms with Crippen molar-refractivity contribution in [3.05, 3.63) is 0 Å².